The van der Waals surface area contributed by atoms with Crippen LogP contribution in [0.15, 0.2) is 73.1 Å². The summed E-state index contributed by atoms with van der Waals surface area (Å²) in [5, 5.41) is 15.2. The molecule has 0 amide bonds. The molecule has 0 spiro atoms. The van der Waals surface area contributed by atoms with E-state index in [1.165, 1.54) is 0 Å². The van der Waals surface area contributed by atoms with Crippen LogP contribution in [-0.2, 0) is 0 Å². The molecule has 0 unspecified atom stereocenters. The van der Waals surface area contributed by atoms with Crippen molar-refractivity contribution >= 4 is 16.7 Å². The van der Waals surface area contributed by atoms with Crippen molar-refractivity contribution in [2.45, 2.75) is 13.0 Å². The summed E-state index contributed by atoms with van der Waals surface area (Å²) in [6.45, 7) is 1.96. The third-order valence-electron chi connectivity index (χ3n) is 4.30. The van der Waals surface area contributed by atoms with Gasteiger partial charge in [0.2, 0.25) is 0 Å². The fourth-order valence-corrected chi connectivity index (χ4v) is 3.05. The van der Waals surface area contributed by atoms with E-state index in [0.29, 0.717) is 5.52 Å². The lowest BCUT2D eigenvalue weighted by Crippen LogP contribution is -2.20. The molecule has 0 saturated carbocycles. The first-order valence-corrected chi connectivity index (χ1v) is 8.46. The number of pyridine rings is 3. The van der Waals surface area contributed by atoms with Crippen LogP contribution in [0.25, 0.3) is 10.9 Å². The van der Waals surface area contributed by atoms with Crippen LogP contribution in [0.2, 0.25) is 0 Å². The van der Waals surface area contributed by atoms with Gasteiger partial charge in [0.1, 0.15) is 11.3 Å². The molecule has 0 aliphatic carbocycles. The van der Waals surface area contributed by atoms with Crippen molar-refractivity contribution in [2.24, 2.45) is 0 Å². The highest BCUT2D eigenvalue weighted by molar-refractivity contribution is 5.85. The number of nitrogens with zero attached hydrogens (tertiary/aromatic N) is 2. The molecule has 0 saturated heterocycles. The van der Waals surface area contributed by atoms with Crippen LogP contribution < -0.4 is 10.3 Å². The number of anilines is 1. The maximum Gasteiger partial charge on any atom is 0.272 e. The van der Waals surface area contributed by atoms with Gasteiger partial charge in [-0.2, -0.15) is 0 Å². The molecule has 128 valence electrons. The van der Waals surface area contributed by atoms with E-state index in [1.54, 1.807) is 6.20 Å². The van der Waals surface area contributed by atoms with Crippen LogP contribution in [0.4, 0.5) is 5.82 Å². The average Bonchev–Trinajstić information content (AvgIpc) is 2.68. The van der Waals surface area contributed by atoms with Gasteiger partial charge in [0.15, 0.2) is 6.04 Å². The zero-order chi connectivity index (χ0) is 17.9. The SMILES string of the molecule is Cc1cccc([C@H](Nc2cccc[nH+]2)c2ccc3cccnc3c2O)n1. The molecule has 3 heterocycles. The number of phenols is 1. The lowest BCUT2D eigenvalue weighted by molar-refractivity contribution is -0.361. The van der Waals surface area contributed by atoms with Gasteiger partial charge in [-0.3, -0.25) is 15.3 Å². The third kappa shape index (κ3) is 3.07. The number of aromatic amines is 1. The molecule has 1 aromatic carbocycles. The van der Waals surface area contributed by atoms with E-state index in [2.05, 4.69) is 20.3 Å². The van der Waals surface area contributed by atoms with Crippen molar-refractivity contribution in [1.29, 1.82) is 0 Å². The third-order valence-corrected chi connectivity index (χ3v) is 4.30. The Morgan fingerprint density at radius 1 is 1.00 bits per heavy atom. The minimum Gasteiger partial charge on any atom is -0.505 e. The lowest BCUT2D eigenvalue weighted by atomic mass is 9.99. The number of H-pyrrole nitrogens is 1. The van der Waals surface area contributed by atoms with Crippen LogP contribution >= 0.6 is 0 Å². The minimum atomic E-state index is -0.319. The molecule has 4 aromatic rings. The highest BCUT2D eigenvalue weighted by Crippen LogP contribution is 2.35. The number of hydrogen-bond acceptors (Lipinski definition) is 4. The van der Waals surface area contributed by atoms with E-state index in [0.717, 1.165) is 28.2 Å². The molecule has 0 aliphatic heterocycles. The Balaban J connectivity index is 1.86. The summed E-state index contributed by atoms with van der Waals surface area (Å²) in [6, 6.07) is 19.1. The average molecular weight is 343 g/mol. The first-order valence-electron chi connectivity index (χ1n) is 8.46. The van der Waals surface area contributed by atoms with E-state index in [9.17, 15) is 5.11 Å². The largest absolute Gasteiger partial charge is 0.505 e. The number of aryl methyl sites for hydroxylation is 1. The van der Waals surface area contributed by atoms with Crippen LogP contribution in [0, 0.1) is 6.92 Å². The molecule has 26 heavy (non-hydrogen) atoms. The Morgan fingerprint density at radius 2 is 1.92 bits per heavy atom. The molecule has 0 bridgehead atoms. The lowest BCUT2D eigenvalue weighted by Gasteiger charge is -2.17. The van der Waals surface area contributed by atoms with E-state index in [1.807, 2.05) is 73.8 Å². The Kier molecular flexibility index (Phi) is 4.19. The number of nitrogens with one attached hydrogen (secondary N) is 2. The molecular weight excluding hydrogens is 324 g/mol. The van der Waals surface area contributed by atoms with Crippen LogP contribution in [0.5, 0.6) is 5.75 Å². The summed E-state index contributed by atoms with van der Waals surface area (Å²) >= 11 is 0. The highest BCUT2D eigenvalue weighted by atomic mass is 16.3. The first kappa shape index (κ1) is 16.0. The van der Waals surface area contributed by atoms with Crippen LogP contribution in [0.1, 0.15) is 23.0 Å². The molecule has 3 aromatic heterocycles. The summed E-state index contributed by atoms with van der Waals surface area (Å²) in [7, 11) is 0. The predicted octanol–water partition coefficient (Wildman–Crippen LogP) is 3.66. The maximum atomic E-state index is 10.9. The van der Waals surface area contributed by atoms with Crippen molar-refractivity contribution in [3.63, 3.8) is 0 Å². The monoisotopic (exact) mass is 343 g/mol. The molecule has 3 N–H and O–H groups in total. The van der Waals surface area contributed by atoms with Gasteiger partial charge in [-0.05, 0) is 37.3 Å². The fourth-order valence-electron chi connectivity index (χ4n) is 3.05. The van der Waals surface area contributed by atoms with Gasteiger partial charge in [0, 0.05) is 28.9 Å². The van der Waals surface area contributed by atoms with Gasteiger partial charge in [0.05, 0.1) is 11.9 Å². The minimum absolute atomic E-state index is 0.167. The highest BCUT2D eigenvalue weighted by Gasteiger charge is 2.25. The number of aromatic hydroxyl groups is 1. The smallest absolute Gasteiger partial charge is 0.272 e. The molecule has 4 rings (SSSR count). The number of phenolic OH excluding ortho intramolecular Hbond substituents is 1. The van der Waals surface area contributed by atoms with E-state index >= 15 is 0 Å². The Morgan fingerprint density at radius 3 is 2.73 bits per heavy atom. The predicted molar refractivity (Wildman–Crippen MR) is 101 cm³/mol. The van der Waals surface area contributed by atoms with Gasteiger partial charge in [-0.25, -0.2) is 4.98 Å². The summed E-state index contributed by atoms with van der Waals surface area (Å²) in [6.07, 6.45) is 3.54. The topological polar surface area (TPSA) is 72.2 Å². The van der Waals surface area contributed by atoms with Gasteiger partial charge in [-0.1, -0.05) is 24.3 Å². The quantitative estimate of drug-likeness (QED) is 0.593. The molecule has 1 atom stereocenters. The summed E-state index contributed by atoms with van der Waals surface area (Å²) in [5.41, 5.74) is 3.06. The molecule has 5 heteroatoms. The summed E-state index contributed by atoms with van der Waals surface area (Å²) < 4.78 is 0. The molecule has 0 radical (unpaired) electrons. The Bertz CT molecular complexity index is 1050. The Labute approximate surface area is 151 Å². The van der Waals surface area contributed by atoms with Crippen molar-refractivity contribution in [3.8, 4) is 5.75 Å². The Hall–Kier alpha value is -3.47. The molecular formula is C21H19N4O+. The number of aromatic nitrogens is 3. The molecule has 0 aliphatic rings. The van der Waals surface area contributed by atoms with E-state index < -0.39 is 0 Å². The van der Waals surface area contributed by atoms with Gasteiger partial charge in [-0.15, -0.1) is 0 Å². The second-order valence-corrected chi connectivity index (χ2v) is 6.14. The van der Waals surface area contributed by atoms with Crippen molar-refractivity contribution in [2.75, 3.05) is 5.32 Å². The fraction of sp³-hybridized carbons (Fsp3) is 0.0952. The number of benzene rings is 1. The summed E-state index contributed by atoms with van der Waals surface area (Å²) in [5.74, 6) is 1.00. The van der Waals surface area contributed by atoms with E-state index in [4.69, 9.17) is 0 Å². The van der Waals surface area contributed by atoms with Crippen molar-refractivity contribution in [1.82, 2.24) is 9.97 Å². The van der Waals surface area contributed by atoms with Gasteiger partial charge < -0.3 is 5.11 Å². The normalized spacial score (nSPS) is 12.0. The van der Waals surface area contributed by atoms with Gasteiger partial charge in [0.25, 0.3) is 5.82 Å². The van der Waals surface area contributed by atoms with Crippen molar-refractivity contribution < 1.29 is 10.1 Å². The van der Waals surface area contributed by atoms with Gasteiger partial charge >= 0.3 is 0 Å². The number of rotatable bonds is 4. The second kappa shape index (κ2) is 6.80. The summed E-state index contributed by atoms with van der Waals surface area (Å²) in [4.78, 5) is 12.2. The first-order chi connectivity index (χ1) is 12.7. The molecule has 0 fully saturated rings. The maximum absolute atomic E-state index is 10.9. The zero-order valence-corrected chi connectivity index (χ0v) is 14.3. The zero-order valence-electron chi connectivity index (χ0n) is 14.3. The van der Waals surface area contributed by atoms with Crippen LogP contribution in [-0.4, -0.2) is 15.1 Å². The van der Waals surface area contributed by atoms with E-state index in [-0.39, 0.29) is 11.8 Å². The van der Waals surface area contributed by atoms with Crippen molar-refractivity contribution in [3.05, 3.63) is 90.0 Å². The van der Waals surface area contributed by atoms with Crippen LogP contribution in [0.3, 0.4) is 0 Å². The second-order valence-electron chi connectivity index (χ2n) is 6.14. The number of hydrogen-bond donors (Lipinski definition) is 2. The number of fused-ring (bicyclic) bond motifs is 1. The molecule has 5 nitrogen and oxygen atoms in total. The standard InChI is InChI=1S/C21H18N4O/c1-14-6-4-8-17(24-14)20(25-18-9-2-3-12-22-18)16-11-10-15-7-5-13-23-19(15)21(16)26/h2-13,20,26H,1H3,(H,22,25)/p+1/t20-/m1/s1.